The van der Waals surface area contributed by atoms with Crippen molar-refractivity contribution in [2.45, 2.75) is 6.54 Å². The molecule has 2 aromatic rings. The van der Waals surface area contributed by atoms with E-state index in [-0.39, 0.29) is 0 Å². The fourth-order valence-electron chi connectivity index (χ4n) is 1.64. The maximum Gasteiger partial charge on any atom is 0.159 e. The molecule has 1 aromatic heterocycles. The third-order valence-corrected chi connectivity index (χ3v) is 2.57. The van der Waals surface area contributed by atoms with Crippen LogP contribution in [0.2, 0.25) is 5.02 Å². The van der Waals surface area contributed by atoms with Gasteiger partial charge in [0.15, 0.2) is 5.82 Å². The lowest BCUT2D eigenvalue weighted by atomic mass is 10.2. The lowest BCUT2D eigenvalue weighted by molar-refractivity contribution is 0.871. The first-order valence-corrected chi connectivity index (χ1v) is 4.91. The average molecular weight is 219 g/mol. The maximum absolute atomic E-state index is 5.93. The van der Waals surface area contributed by atoms with Crippen molar-refractivity contribution in [3.8, 4) is 5.69 Å². The van der Waals surface area contributed by atoms with Crippen LogP contribution in [0.1, 0.15) is 11.4 Å². The number of halogens is 1. The molecule has 5 heteroatoms. The molecule has 0 saturated carbocycles. The zero-order valence-corrected chi connectivity index (χ0v) is 8.52. The Hall–Kier alpha value is -1.68. The largest absolute Gasteiger partial charge is 0.284 e. The van der Waals surface area contributed by atoms with Gasteiger partial charge >= 0.3 is 0 Å². The lowest BCUT2D eigenvalue weighted by Crippen LogP contribution is -1.99. The predicted molar refractivity (Wildman–Crippen MR) is 57.7 cm³/mol. The Morgan fingerprint density at radius 3 is 3.20 bits per heavy atom. The van der Waals surface area contributed by atoms with E-state index in [1.54, 1.807) is 6.33 Å². The van der Waals surface area contributed by atoms with E-state index < -0.39 is 0 Å². The molecule has 15 heavy (non-hydrogen) atoms. The molecule has 0 fully saturated rings. The number of aromatic nitrogens is 3. The smallest absolute Gasteiger partial charge is 0.159 e. The van der Waals surface area contributed by atoms with Gasteiger partial charge in [-0.1, -0.05) is 11.6 Å². The highest BCUT2D eigenvalue weighted by molar-refractivity contribution is 6.31. The quantitative estimate of drug-likeness (QED) is 0.677. The number of hydrogen-bond donors (Lipinski definition) is 0. The molecule has 0 bridgehead atoms. The first kappa shape index (κ1) is 8.61. The summed E-state index contributed by atoms with van der Waals surface area (Å²) < 4.78 is 1.93. The van der Waals surface area contributed by atoms with Gasteiger partial charge in [0, 0.05) is 16.8 Å². The van der Waals surface area contributed by atoms with E-state index in [0.29, 0.717) is 11.6 Å². The van der Waals surface area contributed by atoms with Crippen LogP contribution in [-0.4, -0.2) is 21.0 Å². The Balaban J connectivity index is 2.31. The molecule has 74 valence electrons. The first-order valence-electron chi connectivity index (χ1n) is 4.53. The molecule has 0 amide bonds. The second kappa shape index (κ2) is 3.17. The minimum Gasteiger partial charge on any atom is -0.284 e. The molecule has 0 saturated heterocycles. The van der Waals surface area contributed by atoms with Gasteiger partial charge in [-0.25, -0.2) is 0 Å². The van der Waals surface area contributed by atoms with Crippen LogP contribution in [0.15, 0.2) is 29.5 Å². The molecule has 0 aliphatic carbocycles. The van der Waals surface area contributed by atoms with Gasteiger partial charge in [-0.2, -0.15) is 0 Å². The van der Waals surface area contributed by atoms with E-state index >= 15 is 0 Å². The first-order chi connectivity index (χ1) is 7.34. The fourth-order valence-corrected chi connectivity index (χ4v) is 1.82. The van der Waals surface area contributed by atoms with Gasteiger partial charge in [0.1, 0.15) is 6.33 Å². The molecule has 1 aliphatic heterocycles. The van der Waals surface area contributed by atoms with Crippen molar-refractivity contribution < 1.29 is 0 Å². The molecule has 0 N–H and O–H groups in total. The summed E-state index contributed by atoms with van der Waals surface area (Å²) in [5.41, 5.74) is 2.00. The molecular weight excluding hydrogens is 212 g/mol. The van der Waals surface area contributed by atoms with Crippen molar-refractivity contribution in [3.05, 3.63) is 40.9 Å². The van der Waals surface area contributed by atoms with E-state index in [0.717, 1.165) is 17.1 Å². The van der Waals surface area contributed by atoms with Crippen LogP contribution in [0, 0.1) is 0 Å². The van der Waals surface area contributed by atoms with Crippen molar-refractivity contribution >= 4 is 17.8 Å². The summed E-state index contributed by atoms with van der Waals surface area (Å²) in [7, 11) is 0. The van der Waals surface area contributed by atoms with Crippen LogP contribution in [0.4, 0.5) is 0 Å². The second-order valence-corrected chi connectivity index (χ2v) is 3.73. The Morgan fingerprint density at radius 2 is 2.27 bits per heavy atom. The van der Waals surface area contributed by atoms with Crippen molar-refractivity contribution in [2.24, 2.45) is 4.99 Å². The minimum atomic E-state index is 0.548. The monoisotopic (exact) mass is 218 g/mol. The van der Waals surface area contributed by atoms with Crippen LogP contribution in [0.25, 0.3) is 5.69 Å². The summed E-state index contributed by atoms with van der Waals surface area (Å²) in [4.78, 5) is 4.26. The number of nitrogens with zero attached hydrogens (tertiary/aromatic N) is 4. The molecule has 1 aliphatic rings. The molecule has 0 spiro atoms. The van der Waals surface area contributed by atoms with Crippen LogP contribution in [0.3, 0.4) is 0 Å². The molecule has 1 aromatic carbocycles. The predicted octanol–water partition coefficient (Wildman–Crippen LogP) is 1.85. The van der Waals surface area contributed by atoms with Crippen molar-refractivity contribution in [1.82, 2.24) is 14.8 Å². The van der Waals surface area contributed by atoms with Gasteiger partial charge < -0.3 is 0 Å². The molecule has 2 heterocycles. The highest BCUT2D eigenvalue weighted by atomic mass is 35.5. The number of hydrogen-bond acceptors (Lipinski definition) is 3. The van der Waals surface area contributed by atoms with Crippen molar-refractivity contribution in [1.29, 1.82) is 0 Å². The van der Waals surface area contributed by atoms with Crippen LogP contribution >= 0.6 is 11.6 Å². The van der Waals surface area contributed by atoms with Gasteiger partial charge in [0.2, 0.25) is 0 Å². The standard InChI is InChI=1S/C10H7ClN4/c11-8-1-2-9-7(3-8)4-12-5-10-14-13-6-15(9)10/h1-4,6H,5H2. The van der Waals surface area contributed by atoms with Crippen LogP contribution in [-0.2, 0) is 6.54 Å². The fraction of sp³-hybridized carbons (Fsp3) is 0.100. The van der Waals surface area contributed by atoms with E-state index in [1.807, 2.05) is 29.0 Å². The third kappa shape index (κ3) is 1.34. The zero-order valence-electron chi connectivity index (χ0n) is 7.76. The lowest BCUT2D eigenvalue weighted by Gasteiger charge is -2.06. The van der Waals surface area contributed by atoms with E-state index in [4.69, 9.17) is 11.6 Å². The Bertz CT molecular complexity index is 544. The molecular formula is C10H7ClN4. The van der Waals surface area contributed by atoms with Crippen molar-refractivity contribution in [3.63, 3.8) is 0 Å². The highest BCUT2D eigenvalue weighted by Gasteiger charge is 2.12. The Labute approximate surface area is 91.2 Å². The minimum absolute atomic E-state index is 0.548. The average Bonchev–Trinajstić information content (AvgIpc) is 2.61. The number of rotatable bonds is 0. The Kier molecular flexibility index (Phi) is 1.82. The summed E-state index contributed by atoms with van der Waals surface area (Å²) in [6, 6.07) is 5.68. The van der Waals surface area contributed by atoms with Gasteiger partial charge in [-0.3, -0.25) is 9.56 Å². The van der Waals surface area contributed by atoms with Gasteiger partial charge in [0.25, 0.3) is 0 Å². The third-order valence-electron chi connectivity index (χ3n) is 2.33. The van der Waals surface area contributed by atoms with E-state index in [1.165, 1.54) is 0 Å². The number of aliphatic imine (C=N–C) groups is 1. The highest BCUT2D eigenvalue weighted by Crippen LogP contribution is 2.21. The SMILES string of the molecule is Clc1ccc2c(c1)C=NCc1nncn1-2. The topological polar surface area (TPSA) is 43.1 Å². The summed E-state index contributed by atoms with van der Waals surface area (Å²) in [5.74, 6) is 0.840. The molecule has 0 radical (unpaired) electrons. The van der Waals surface area contributed by atoms with Crippen LogP contribution in [0.5, 0.6) is 0 Å². The van der Waals surface area contributed by atoms with Gasteiger partial charge in [-0.15, -0.1) is 10.2 Å². The van der Waals surface area contributed by atoms with Gasteiger partial charge in [-0.05, 0) is 18.2 Å². The van der Waals surface area contributed by atoms with Gasteiger partial charge in [0.05, 0.1) is 12.2 Å². The normalized spacial score (nSPS) is 13.1. The zero-order chi connectivity index (χ0) is 10.3. The molecule has 0 unspecified atom stereocenters. The van der Waals surface area contributed by atoms with Crippen LogP contribution < -0.4 is 0 Å². The summed E-state index contributed by atoms with van der Waals surface area (Å²) in [5, 5.41) is 8.58. The second-order valence-electron chi connectivity index (χ2n) is 3.29. The van der Waals surface area contributed by atoms with E-state index in [2.05, 4.69) is 15.2 Å². The molecule has 0 atom stereocenters. The summed E-state index contributed by atoms with van der Waals surface area (Å²) >= 11 is 5.93. The maximum atomic E-state index is 5.93. The summed E-state index contributed by atoms with van der Waals surface area (Å²) in [6.45, 7) is 0.548. The van der Waals surface area contributed by atoms with Crippen molar-refractivity contribution in [2.75, 3.05) is 0 Å². The molecule has 4 nitrogen and oxygen atoms in total. The number of fused-ring (bicyclic) bond motifs is 3. The number of benzene rings is 1. The Morgan fingerprint density at radius 1 is 1.33 bits per heavy atom. The summed E-state index contributed by atoms with van der Waals surface area (Å²) in [6.07, 6.45) is 3.51. The van der Waals surface area contributed by atoms with E-state index in [9.17, 15) is 0 Å². The molecule has 3 rings (SSSR count).